The number of alkyl halides is 3. The lowest BCUT2D eigenvalue weighted by molar-refractivity contribution is -0.137. The number of phenols is 2. The highest BCUT2D eigenvalue weighted by atomic mass is 19.4. The predicted octanol–water partition coefficient (Wildman–Crippen LogP) is 6.20. The molecule has 0 fully saturated rings. The SMILES string of the molecule is Oc1ccccc1N=Nc1c(O)ccc(C(F)(F)F)c1-c1ccccc1. The van der Waals surface area contributed by atoms with E-state index in [2.05, 4.69) is 10.2 Å². The fraction of sp³-hybridized carbons (Fsp3) is 0.0526. The molecule has 0 radical (unpaired) electrons. The third kappa shape index (κ3) is 3.51. The first kappa shape index (κ1) is 17.5. The minimum absolute atomic E-state index is 0.0725. The molecule has 0 spiro atoms. The van der Waals surface area contributed by atoms with Crippen molar-refractivity contribution in [1.29, 1.82) is 0 Å². The molecular weight excluding hydrogens is 345 g/mol. The fourth-order valence-corrected chi connectivity index (χ4v) is 2.47. The lowest BCUT2D eigenvalue weighted by Gasteiger charge is -2.16. The second-order valence-electron chi connectivity index (χ2n) is 5.41. The standard InChI is InChI=1S/C19H13F3N2O2/c20-19(21,22)13-10-11-16(26)18(17(13)12-6-2-1-3-7-12)24-23-14-8-4-5-9-15(14)25/h1-11,25-26H. The highest BCUT2D eigenvalue weighted by Crippen LogP contribution is 2.46. The van der Waals surface area contributed by atoms with Gasteiger partial charge in [0.15, 0.2) is 0 Å². The van der Waals surface area contributed by atoms with E-state index in [9.17, 15) is 23.4 Å². The first-order valence-corrected chi connectivity index (χ1v) is 7.56. The second kappa shape index (κ2) is 6.87. The Balaban J connectivity index is 2.23. The zero-order valence-corrected chi connectivity index (χ0v) is 13.3. The first-order valence-electron chi connectivity index (χ1n) is 7.56. The van der Waals surface area contributed by atoms with E-state index in [1.54, 1.807) is 30.3 Å². The molecule has 4 nitrogen and oxygen atoms in total. The van der Waals surface area contributed by atoms with E-state index < -0.39 is 17.5 Å². The van der Waals surface area contributed by atoms with E-state index in [1.165, 1.54) is 24.3 Å². The monoisotopic (exact) mass is 358 g/mol. The average Bonchev–Trinajstić information content (AvgIpc) is 2.61. The van der Waals surface area contributed by atoms with Crippen molar-refractivity contribution in [2.45, 2.75) is 6.18 Å². The van der Waals surface area contributed by atoms with Gasteiger partial charge in [-0.05, 0) is 29.8 Å². The summed E-state index contributed by atoms with van der Waals surface area (Å²) in [7, 11) is 0. The van der Waals surface area contributed by atoms with Gasteiger partial charge in [0, 0.05) is 5.56 Å². The molecule has 26 heavy (non-hydrogen) atoms. The molecule has 2 N–H and O–H groups in total. The van der Waals surface area contributed by atoms with Crippen LogP contribution >= 0.6 is 0 Å². The summed E-state index contributed by atoms with van der Waals surface area (Å²) in [5, 5.41) is 27.4. The Kier molecular flexibility index (Phi) is 4.62. The van der Waals surface area contributed by atoms with Crippen LogP contribution in [-0.2, 0) is 6.18 Å². The molecule has 0 saturated carbocycles. The van der Waals surface area contributed by atoms with Gasteiger partial charge in [0.2, 0.25) is 0 Å². The number of para-hydroxylation sites is 1. The maximum absolute atomic E-state index is 13.5. The number of hydrogen-bond donors (Lipinski definition) is 2. The maximum Gasteiger partial charge on any atom is 0.417 e. The van der Waals surface area contributed by atoms with Gasteiger partial charge < -0.3 is 10.2 Å². The van der Waals surface area contributed by atoms with Crippen LogP contribution in [0, 0.1) is 0 Å². The van der Waals surface area contributed by atoms with Crippen LogP contribution in [0.15, 0.2) is 77.0 Å². The fourth-order valence-electron chi connectivity index (χ4n) is 2.47. The molecule has 0 aliphatic heterocycles. The van der Waals surface area contributed by atoms with Gasteiger partial charge in [0.1, 0.15) is 22.9 Å². The lowest BCUT2D eigenvalue weighted by atomic mass is 9.97. The first-order chi connectivity index (χ1) is 12.4. The second-order valence-corrected chi connectivity index (χ2v) is 5.41. The van der Waals surface area contributed by atoms with Gasteiger partial charge in [0.25, 0.3) is 0 Å². The van der Waals surface area contributed by atoms with Gasteiger partial charge in [0.05, 0.1) is 5.56 Å². The lowest BCUT2D eigenvalue weighted by Crippen LogP contribution is -2.07. The van der Waals surface area contributed by atoms with Crippen LogP contribution in [0.5, 0.6) is 11.5 Å². The van der Waals surface area contributed by atoms with Gasteiger partial charge in [-0.2, -0.15) is 13.2 Å². The summed E-state index contributed by atoms with van der Waals surface area (Å²) in [6.45, 7) is 0. The van der Waals surface area contributed by atoms with Gasteiger partial charge in [-0.25, -0.2) is 0 Å². The Hall–Kier alpha value is -3.35. The van der Waals surface area contributed by atoms with Crippen LogP contribution in [0.1, 0.15) is 5.56 Å². The Morgan fingerprint density at radius 3 is 2.00 bits per heavy atom. The van der Waals surface area contributed by atoms with Gasteiger partial charge in [-0.1, -0.05) is 42.5 Å². The van der Waals surface area contributed by atoms with Crippen LogP contribution in [0.3, 0.4) is 0 Å². The molecule has 7 heteroatoms. The Bertz CT molecular complexity index is 955. The van der Waals surface area contributed by atoms with Crippen LogP contribution in [0.25, 0.3) is 11.1 Å². The van der Waals surface area contributed by atoms with E-state index in [-0.39, 0.29) is 28.3 Å². The summed E-state index contributed by atoms with van der Waals surface area (Å²) >= 11 is 0. The molecule has 0 amide bonds. The Morgan fingerprint density at radius 1 is 0.692 bits per heavy atom. The number of azo groups is 1. The van der Waals surface area contributed by atoms with E-state index in [1.807, 2.05) is 0 Å². The highest BCUT2D eigenvalue weighted by molar-refractivity contribution is 5.83. The molecule has 0 saturated heterocycles. The largest absolute Gasteiger partial charge is 0.506 e. The summed E-state index contributed by atoms with van der Waals surface area (Å²) in [6, 6.07) is 15.5. The highest BCUT2D eigenvalue weighted by Gasteiger charge is 2.35. The summed E-state index contributed by atoms with van der Waals surface area (Å²) in [6.07, 6.45) is -4.64. The minimum Gasteiger partial charge on any atom is -0.506 e. The molecule has 132 valence electrons. The topological polar surface area (TPSA) is 65.2 Å². The number of phenolic OH excluding ortho intramolecular Hbond substituents is 2. The normalized spacial score (nSPS) is 11.8. The summed E-state index contributed by atoms with van der Waals surface area (Å²) < 4.78 is 40.4. The quantitative estimate of drug-likeness (QED) is 0.548. The minimum atomic E-state index is -4.64. The predicted molar refractivity (Wildman–Crippen MR) is 90.8 cm³/mol. The number of halogens is 3. The Labute approximate surface area is 146 Å². The molecule has 0 aromatic heterocycles. The third-order valence-corrected chi connectivity index (χ3v) is 3.66. The van der Waals surface area contributed by atoms with Crippen molar-refractivity contribution in [3.8, 4) is 22.6 Å². The molecule has 0 atom stereocenters. The zero-order chi connectivity index (χ0) is 18.7. The van der Waals surface area contributed by atoms with Crippen LogP contribution in [-0.4, -0.2) is 10.2 Å². The van der Waals surface area contributed by atoms with E-state index in [0.29, 0.717) is 0 Å². The number of nitrogens with zero attached hydrogens (tertiary/aromatic N) is 2. The van der Waals surface area contributed by atoms with Gasteiger partial charge in [-0.3, -0.25) is 0 Å². The molecule has 0 aliphatic carbocycles. The van der Waals surface area contributed by atoms with Crippen LogP contribution in [0.4, 0.5) is 24.5 Å². The smallest absolute Gasteiger partial charge is 0.417 e. The van der Waals surface area contributed by atoms with Crippen molar-refractivity contribution in [2.75, 3.05) is 0 Å². The van der Waals surface area contributed by atoms with Crippen molar-refractivity contribution in [3.05, 3.63) is 72.3 Å². The molecule has 3 aromatic rings. The van der Waals surface area contributed by atoms with Crippen molar-refractivity contribution in [2.24, 2.45) is 10.2 Å². The molecular formula is C19H13F3N2O2. The van der Waals surface area contributed by atoms with E-state index >= 15 is 0 Å². The van der Waals surface area contributed by atoms with Crippen LogP contribution in [0.2, 0.25) is 0 Å². The molecule has 3 aromatic carbocycles. The summed E-state index contributed by atoms with van der Waals surface area (Å²) in [4.78, 5) is 0. The van der Waals surface area contributed by atoms with Crippen molar-refractivity contribution >= 4 is 11.4 Å². The summed E-state index contributed by atoms with van der Waals surface area (Å²) in [5.41, 5.74) is -1.23. The zero-order valence-electron chi connectivity index (χ0n) is 13.3. The van der Waals surface area contributed by atoms with E-state index in [4.69, 9.17) is 0 Å². The number of aromatic hydroxyl groups is 2. The van der Waals surface area contributed by atoms with Crippen LogP contribution < -0.4 is 0 Å². The Morgan fingerprint density at radius 2 is 1.35 bits per heavy atom. The molecule has 0 aliphatic rings. The maximum atomic E-state index is 13.5. The van der Waals surface area contributed by atoms with Gasteiger partial charge in [-0.15, -0.1) is 10.2 Å². The molecule has 0 unspecified atom stereocenters. The molecule has 3 rings (SSSR count). The van der Waals surface area contributed by atoms with Gasteiger partial charge >= 0.3 is 6.18 Å². The third-order valence-electron chi connectivity index (χ3n) is 3.66. The summed E-state index contributed by atoms with van der Waals surface area (Å²) in [5.74, 6) is -0.625. The van der Waals surface area contributed by atoms with E-state index in [0.717, 1.165) is 12.1 Å². The number of benzene rings is 3. The molecule has 0 heterocycles. The number of hydrogen-bond acceptors (Lipinski definition) is 4. The van der Waals surface area contributed by atoms with Crippen molar-refractivity contribution < 1.29 is 23.4 Å². The van der Waals surface area contributed by atoms with Crippen molar-refractivity contribution in [1.82, 2.24) is 0 Å². The van der Waals surface area contributed by atoms with Crippen molar-refractivity contribution in [3.63, 3.8) is 0 Å². The molecule has 0 bridgehead atoms. The average molecular weight is 358 g/mol. The number of rotatable bonds is 3.